The van der Waals surface area contributed by atoms with Gasteiger partial charge in [0.15, 0.2) is 0 Å². The Kier molecular flexibility index (Phi) is 4.15. The minimum absolute atomic E-state index is 0.228. The van der Waals surface area contributed by atoms with Crippen LogP contribution in [0.15, 0.2) is 34.3 Å². The van der Waals surface area contributed by atoms with Crippen LogP contribution in [0, 0.1) is 5.82 Å². The molecule has 0 aliphatic carbocycles. The zero-order chi connectivity index (χ0) is 9.52. The van der Waals surface area contributed by atoms with Crippen molar-refractivity contribution in [1.29, 1.82) is 0 Å². The molecule has 0 atom stereocenters. The molecule has 0 bridgehead atoms. The van der Waals surface area contributed by atoms with Gasteiger partial charge in [-0.1, -0.05) is 17.2 Å². The first kappa shape index (κ1) is 9.89. The van der Waals surface area contributed by atoms with Crippen molar-refractivity contribution >= 4 is 11.8 Å². The fourth-order valence-electron chi connectivity index (χ4n) is 0.803. The minimum atomic E-state index is -0.228. The lowest BCUT2D eigenvalue weighted by Crippen LogP contribution is -1.85. The topological polar surface area (TPSA) is 48.8 Å². The van der Waals surface area contributed by atoms with Crippen molar-refractivity contribution in [3.05, 3.63) is 40.5 Å². The fraction of sp³-hybridized carbons (Fsp3) is 0.250. The third-order valence-corrected chi connectivity index (χ3v) is 2.38. The van der Waals surface area contributed by atoms with Crippen molar-refractivity contribution in [2.45, 2.75) is 4.90 Å². The summed E-state index contributed by atoms with van der Waals surface area (Å²) in [5.74, 6) is 0.374. The Balaban J connectivity index is 2.45. The van der Waals surface area contributed by atoms with Crippen LogP contribution in [0.3, 0.4) is 0 Å². The van der Waals surface area contributed by atoms with Gasteiger partial charge in [0, 0.05) is 22.1 Å². The summed E-state index contributed by atoms with van der Waals surface area (Å²) in [6.45, 7) is 0.384. The van der Waals surface area contributed by atoms with Gasteiger partial charge in [-0.25, -0.2) is 4.39 Å². The van der Waals surface area contributed by atoms with Gasteiger partial charge in [-0.2, -0.15) is 0 Å². The molecule has 0 saturated carbocycles. The first-order valence-electron chi connectivity index (χ1n) is 3.73. The molecule has 0 aliphatic rings. The number of hydrogen-bond donors (Lipinski definition) is 0. The van der Waals surface area contributed by atoms with Crippen LogP contribution in [0.1, 0.15) is 0 Å². The van der Waals surface area contributed by atoms with Crippen molar-refractivity contribution in [3.63, 3.8) is 0 Å². The number of rotatable bonds is 4. The SMILES string of the molecule is [N-]=[N+]=NCCSc1ccccc1F. The van der Waals surface area contributed by atoms with Crippen LogP contribution < -0.4 is 0 Å². The monoisotopic (exact) mass is 197 g/mol. The first-order valence-corrected chi connectivity index (χ1v) is 4.71. The van der Waals surface area contributed by atoms with Crippen molar-refractivity contribution in [2.24, 2.45) is 5.11 Å². The molecule has 0 aromatic heterocycles. The molecule has 0 aliphatic heterocycles. The number of nitrogens with zero attached hydrogens (tertiary/aromatic N) is 3. The average Bonchev–Trinajstić information content (AvgIpc) is 2.15. The summed E-state index contributed by atoms with van der Waals surface area (Å²) in [6, 6.07) is 6.54. The zero-order valence-electron chi connectivity index (χ0n) is 6.85. The molecule has 0 unspecified atom stereocenters. The van der Waals surface area contributed by atoms with Crippen molar-refractivity contribution in [3.8, 4) is 0 Å². The van der Waals surface area contributed by atoms with Crippen LogP contribution >= 0.6 is 11.8 Å². The number of azide groups is 1. The highest BCUT2D eigenvalue weighted by atomic mass is 32.2. The van der Waals surface area contributed by atoms with Gasteiger partial charge >= 0.3 is 0 Å². The van der Waals surface area contributed by atoms with Crippen molar-refractivity contribution in [2.75, 3.05) is 12.3 Å². The van der Waals surface area contributed by atoms with Gasteiger partial charge in [-0.3, -0.25) is 0 Å². The smallest absolute Gasteiger partial charge is 0.136 e. The van der Waals surface area contributed by atoms with E-state index in [0.29, 0.717) is 17.2 Å². The number of thioether (sulfide) groups is 1. The summed E-state index contributed by atoms with van der Waals surface area (Å²) in [5.41, 5.74) is 7.99. The Morgan fingerprint density at radius 2 is 2.23 bits per heavy atom. The van der Waals surface area contributed by atoms with E-state index in [9.17, 15) is 4.39 Å². The molecule has 0 radical (unpaired) electrons. The molecule has 68 valence electrons. The lowest BCUT2D eigenvalue weighted by molar-refractivity contribution is 0.602. The maximum Gasteiger partial charge on any atom is 0.136 e. The lowest BCUT2D eigenvalue weighted by atomic mass is 10.3. The second-order valence-electron chi connectivity index (χ2n) is 2.23. The number of benzene rings is 1. The highest BCUT2D eigenvalue weighted by Crippen LogP contribution is 2.20. The Morgan fingerprint density at radius 1 is 1.46 bits per heavy atom. The third-order valence-electron chi connectivity index (χ3n) is 1.35. The van der Waals surface area contributed by atoms with Gasteiger partial charge in [0.1, 0.15) is 5.82 Å². The van der Waals surface area contributed by atoms with Crippen LogP contribution in [-0.4, -0.2) is 12.3 Å². The molecule has 0 amide bonds. The molecule has 0 N–H and O–H groups in total. The van der Waals surface area contributed by atoms with E-state index in [1.54, 1.807) is 18.2 Å². The van der Waals surface area contributed by atoms with Crippen LogP contribution in [0.25, 0.3) is 10.4 Å². The Bertz CT molecular complexity index is 323. The van der Waals surface area contributed by atoms with Crippen LogP contribution in [0.5, 0.6) is 0 Å². The first-order chi connectivity index (χ1) is 6.34. The quantitative estimate of drug-likeness (QED) is 0.240. The van der Waals surface area contributed by atoms with E-state index < -0.39 is 0 Å². The highest BCUT2D eigenvalue weighted by molar-refractivity contribution is 7.99. The summed E-state index contributed by atoms with van der Waals surface area (Å²) < 4.78 is 13.0. The van der Waals surface area contributed by atoms with Gasteiger partial charge in [0.25, 0.3) is 0 Å². The highest BCUT2D eigenvalue weighted by Gasteiger charge is 1.99. The van der Waals surface area contributed by atoms with Crippen molar-refractivity contribution < 1.29 is 4.39 Å². The molecule has 0 heterocycles. The average molecular weight is 197 g/mol. The molecule has 3 nitrogen and oxygen atoms in total. The number of halogens is 1. The largest absolute Gasteiger partial charge is 0.206 e. The van der Waals surface area contributed by atoms with E-state index in [2.05, 4.69) is 10.0 Å². The van der Waals surface area contributed by atoms with E-state index in [1.165, 1.54) is 17.8 Å². The Hall–Kier alpha value is -1.19. The lowest BCUT2D eigenvalue weighted by Gasteiger charge is -1.99. The number of hydrogen-bond acceptors (Lipinski definition) is 2. The maximum atomic E-state index is 13.0. The van der Waals surface area contributed by atoms with Crippen molar-refractivity contribution in [1.82, 2.24) is 0 Å². The van der Waals surface area contributed by atoms with Crippen LogP contribution in [0.2, 0.25) is 0 Å². The van der Waals surface area contributed by atoms with Gasteiger partial charge < -0.3 is 0 Å². The molecule has 13 heavy (non-hydrogen) atoms. The summed E-state index contributed by atoms with van der Waals surface area (Å²) in [7, 11) is 0. The second-order valence-corrected chi connectivity index (χ2v) is 3.37. The normalized spacial score (nSPS) is 9.31. The third kappa shape index (κ3) is 3.36. The summed E-state index contributed by atoms with van der Waals surface area (Å²) in [5, 5.41) is 3.35. The van der Waals surface area contributed by atoms with E-state index in [-0.39, 0.29) is 5.82 Å². The maximum absolute atomic E-state index is 13.0. The molecule has 0 fully saturated rings. The van der Waals surface area contributed by atoms with Crippen LogP contribution in [0.4, 0.5) is 4.39 Å². The summed E-state index contributed by atoms with van der Waals surface area (Å²) in [6.07, 6.45) is 0. The molecule has 1 aromatic carbocycles. The Labute approximate surface area is 79.6 Å². The predicted octanol–water partition coefficient (Wildman–Crippen LogP) is 3.23. The molecular weight excluding hydrogens is 189 g/mol. The Morgan fingerprint density at radius 3 is 2.92 bits per heavy atom. The molecule has 0 spiro atoms. The zero-order valence-corrected chi connectivity index (χ0v) is 7.67. The molecule has 1 rings (SSSR count). The van der Waals surface area contributed by atoms with Gasteiger partial charge in [0.2, 0.25) is 0 Å². The molecular formula is C8H8FN3S. The van der Waals surface area contributed by atoms with Crippen LogP contribution in [-0.2, 0) is 0 Å². The van der Waals surface area contributed by atoms with Gasteiger partial charge in [0.05, 0.1) is 0 Å². The second kappa shape index (κ2) is 5.45. The molecule has 0 saturated heterocycles. The van der Waals surface area contributed by atoms with Gasteiger partial charge in [-0.05, 0) is 17.7 Å². The van der Waals surface area contributed by atoms with E-state index in [0.717, 1.165) is 0 Å². The molecule has 1 aromatic rings. The minimum Gasteiger partial charge on any atom is -0.206 e. The summed E-state index contributed by atoms with van der Waals surface area (Å²) in [4.78, 5) is 3.20. The van der Waals surface area contributed by atoms with Gasteiger partial charge in [-0.15, -0.1) is 11.8 Å². The molecule has 5 heteroatoms. The van der Waals surface area contributed by atoms with E-state index in [1.807, 2.05) is 0 Å². The fourth-order valence-corrected chi connectivity index (χ4v) is 1.58. The predicted molar refractivity (Wildman–Crippen MR) is 51.1 cm³/mol. The van der Waals surface area contributed by atoms with E-state index >= 15 is 0 Å². The summed E-state index contributed by atoms with van der Waals surface area (Å²) >= 11 is 1.35. The standard InChI is InChI=1S/C8H8FN3S/c9-7-3-1-2-4-8(7)13-6-5-11-12-10/h1-4H,5-6H2. The van der Waals surface area contributed by atoms with E-state index in [4.69, 9.17) is 5.53 Å².